The van der Waals surface area contributed by atoms with Crippen molar-refractivity contribution in [3.05, 3.63) is 363 Å². The third kappa shape index (κ3) is 10.5. The molecule has 2 nitrogen and oxygen atoms in total. The molecule has 0 heterocycles. The average Bonchev–Trinajstić information content (AvgIpc) is 0.725. The number of rotatable bonds is 13. The van der Waals surface area contributed by atoms with Gasteiger partial charge >= 0.3 is 0 Å². The van der Waals surface area contributed by atoms with E-state index in [0.717, 1.165) is 67.2 Å². The first-order chi connectivity index (χ1) is 45.0. The van der Waals surface area contributed by atoms with E-state index in [0.29, 0.717) is 0 Å². The van der Waals surface area contributed by atoms with Crippen LogP contribution in [0.4, 0.5) is 34.1 Å². The van der Waals surface area contributed by atoms with Gasteiger partial charge in [-0.1, -0.05) is 279 Å². The second-order valence-corrected chi connectivity index (χ2v) is 23.7. The molecule has 16 rings (SSSR count). The lowest BCUT2D eigenvalue weighted by atomic mass is 9.82. The van der Waals surface area contributed by atoms with Gasteiger partial charge in [0.25, 0.3) is 0 Å². The number of benzene rings is 16. The number of fused-ring (bicyclic) bond motifs is 6. The van der Waals surface area contributed by atoms with E-state index in [-0.39, 0.29) is 0 Å². The van der Waals surface area contributed by atoms with Crippen LogP contribution in [-0.2, 0) is 0 Å². The van der Waals surface area contributed by atoms with Crippen LogP contribution in [0, 0.1) is 6.92 Å². The number of aryl methyl sites for hydroxylation is 1. The Hall–Kier alpha value is -11.8. The van der Waals surface area contributed by atoms with Crippen molar-refractivity contribution in [3.8, 4) is 77.9 Å². The van der Waals surface area contributed by atoms with Gasteiger partial charge in [-0.15, -0.1) is 0 Å². The second kappa shape index (κ2) is 23.7. The Kier molecular flexibility index (Phi) is 14.2. The molecule has 16 aromatic carbocycles. The van der Waals surface area contributed by atoms with Crippen molar-refractivity contribution in [3.63, 3.8) is 0 Å². The van der Waals surface area contributed by atoms with Crippen molar-refractivity contribution < 1.29 is 0 Å². The highest BCUT2D eigenvalue weighted by Crippen LogP contribution is 2.51. The zero-order valence-electron chi connectivity index (χ0n) is 50.5. The first-order valence-corrected chi connectivity index (χ1v) is 31.4. The summed E-state index contributed by atoms with van der Waals surface area (Å²) in [6.45, 7) is 2.20. The molecule has 2 heteroatoms. The predicted octanol–water partition coefficient (Wildman–Crippen LogP) is 25.2. The summed E-state index contributed by atoms with van der Waals surface area (Å²) in [6, 6.07) is 132. The van der Waals surface area contributed by atoms with Crippen molar-refractivity contribution in [2.24, 2.45) is 0 Å². The SMILES string of the molecule is Cc1cc(-c2ccccc2)cc(N(c2ccccc2)c2ccc3c(ccc4c(-c5ccc(-c6ccccc6)cc5)c5c(ccc6cc(N(c7ccccc7)c7cc(-c8ccccc8)cc(-c8ccccc8)c7)ccc65)c(-c5ccc(-c6ccccc6)cc5)c43)c2)c1. The first-order valence-electron chi connectivity index (χ1n) is 31.4. The van der Waals surface area contributed by atoms with Crippen molar-refractivity contribution in [1.82, 2.24) is 0 Å². The van der Waals surface area contributed by atoms with Crippen LogP contribution in [0.1, 0.15) is 5.56 Å². The minimum Gasteiger partial charge on any atom is -0.310 e. The van der Waals surface area contributed by atoms with Crippen molar-refractivity contribution in [1.29, 1.82) is 0 Å². The minimum atomic E-state index is 1.07. The number of para-hydroxylation sites is 2. The molecule has 0 amide bonds. The minimum absolute atomic E-state index is 1.07. The fraction of sp³-hybridized carbons (Fsp3) is 0.0112. The van der Waals surface area contributed by atoms with Crippen molar-refractivity contribution in [2.75, 3.05) is 9.80 Å². The van der Waals surface area contributed by atoms with Crippen LogP contribution in [0.3, 0.4) is 0 Å². The summed E-state index contributed by atoms with van der Waals surface area (Å²) in [6.07, 6.45) is 0. The number of hydrogen-bond donors (Lipinski definition) is 0. The van der Waals surface area contributed by atoms with Gasteiger partial charge in [0.2, 0.25) is 0 Å². The molecular weight excluding hydrogens is 1100 g/mol. The molecule has 0 atom stereocenters. The third-order valence-corrected chi connectivity index (χ3v) is 18.0. The zero-order valence-corrected chi connectivity index (χ0v) is 50.5. The molecular formula is C89H62N2. The molecule has 0 N–H and O–H groups in total. The summed E-state index contributed by atoms with van der Waals surface area (Å²) in [5.74, 6) is 0. The molecule has 0 aliphatic rings. The van der Waals surface area contributed by atoms with Crippen LogP contribution in [0.15, 0.2) is 358 Å². The van der Waals surface area contributed by atoms with Gasteiger partial charge in [0.1, 0.15) is 0 Å². The summed E-state index contributed by atoms with van der Waals surface area (Å²) in [5.41, 5.74) is 24.2. The molecule has 0 bridgehead atoms. The van der Waals surface area contributed by atoms with E-state index in [1.807, 2.05) is 0 Å². The molecule has 0 aliphatic heterocycles. The third-order valence-electron chi connectivity index (χ3n) is 18.0. The van der Waals surface area contributed by atoms with Gasteiger partial charge in [-0.2, -0.15) is 0 Å². The number of anilines is 6. The van der Waals surface area contributed by atoms with Gasteiger partial charge in [-0.3, -0.25) is 0 Å². The van der Waals surface area contributed by atoms with Gasteiger partial charge in [-0.25, -0.2) is 0 Å². The maximum absolute atomic E-state index is 2.42. The van der Waals surface area contributed by atoms with Crippen LogP contribution in [0.25, 0.3) is 121 Å². The Morgan fingerprint density at radius 3 is 0.824 bits per heavy atom. The molecule has 0 fully saturated rings. The highest BCUT2D eigenvalue weighted by Gasteiger charge is 2.24. The summed E-state index contributed by atoms with van der Waals surface area (Å²) in [5, 5.41) is 9.52. The molecule has 0 saturated carbocycles. The van der Waals surface area contributed by atoms with Gasteiger partial charge in [0.05, 0.1) is 0 Å². The number of nitrogens with zero attached hydrogens (tertiary/aromatic N) is 2. The van der Waals surface area contributed by atoms with E-state index in [2.05, 4.69) is 375 Å². The summed E-state index contributed by atoms with van der Waals surface area (Å²) in [7, 11) is 0. The molecule has 0 unspecified atom stereocenters. The Labute approximate surface area is 532 Å². The Bertz CT molecular complexity index is 5230. The van der Waals surface area contributed by atoms with E-state index in [9.17, 15) is 0 Å². The monoisotopic (exact) mass is 1160 g/mol. The molecule has 91 heavy (non-hydrogen) atoms. The maximum Gasteiger partial charge on any atom is 0.0473 e. The van der Waals surface area contributed by atoms with Gasteiger partial charge in [0, 0.05) is 34.1 Å². The highest BCUT2D eigenvalue weighted by atomic mass is 15.1. The van der Waals surface area contributed by atoms with Crippen LogP contribution >= 0.6 is 0 Å². The average molecular weight is 1160 g/mol. The normalized spacial score (nSPS) is 11.4. The van der Waals surface area contributed by atoms with Gasteiger partial charge < -0.3 is 9.80 Å². The zero-order chi connectivity index (χ0) is 60.6. The maximum atomic E-state index is 2.42. The lowest BCUT2D eigenvalue weighted by molar-refractivity contribution is 1.28. The van der Waals surface area contributed by atoms with Crippen molar-refractivity contribution in [2.45, 2.75) is 6.92 Å². The first kappa shape index (κ1) is 54.5. The van der Waals surface area contributed by atoms with Crippen molar-refractivity contribution >= 4 is 77.2 Å². The summed E-state index contributed by atoms with van der Waals surface area (Å²) < 4.78 is 0. The largest absolute Gasteiger partial charge is 0.310 e. The van der Waals surface area contributed by atoms with Crippen LogP contribution < -0.4 is 9.80 Å². The molecule has 0 saturated heterocycles. The lowest BCUT2D eigenvalue weighted by Gasteiger charge is -2.28. The van der Waals surface area contributed by atoms with E-state index in [4.69, 9.17) is 0 Å². The summed E-state index contributed by atoms with van der Waals surface area (Å²) >= 11 is 0. The predicted molar refractivity (Wildman–Crippen MR) is 389 cm³/mol. The molecule has 0 spiro atoms. The van der Waals surface area contributed by atoms with E-state index >= 15 is 0 Å². The molecule has 428 valence electrons. The highest BCUT2D eigenvalue weighted by molar-refractivity contribution is 6.32. The Morgan fingerprint density at radius 2 is 0.462 bits per heavy atom. The van der Waals surface area contributed by atoms with Crippen LogP contribution in [0.2, 0.25) is 0 Å². The fourth-order valence-electron chi connectivity index (χ4n) is 13.7. The standard InChI is InChI=1S/C89H62N2/c1-61-53-73(64-27-13-4-14-28-64)58-80(54-61)90(76-33-19-7-20-34-76)78-47-51-82-71(56-78)45-49-84-87(70-43-39-68(40-44-70)63-25-11-3-12-26-63)89-83-52-48-79(57-72(83)46-50-85(89)86(88(82)84)69-41-37-67(38-42-69)62-23-9-2-10-24-62)91(77-35-21-8-22-36-77)81-59-74(65-29-15-5-16-30-65)55-75(60-81)66-31-17-6-18-32-66/h2-60H,1H3. The molecule has 0 aliphatic carbocycles. The molecule has 0 radical (unpaired) electrons. The van der Waals surface area contributed by atoms with Gasteiger partial charge in [0.15, 0.2) is 0 Å². The Balaban J connectivity index is 0.951. The topological polar surface area (TPSA) is 6.48 Å². The molecule has 16 aromatic rings. The smallest absolute Gasteiger partial charge is 0.0473 e. The van der Waals surface area contributed by atoms with Crippen LogP contribution in [-0.4, -0.2) is 0 Å². The number of hydrogen-bond acceptors (Lipinski definition) is 2. The van der Waals surface area contributed by atoms with Crippen LogP contribution in [0.5, 0.6) is 0 Å². The second-order valence-electron chi connectivity index (χ2n) is 23.7. The van der Waals surface area contributed by atoms with E-state index in [1.165, 1.54) is 93.5 Å². The fourth-order valence-corrected chi connectivity index (χ4v) is 13.7. The van der Waals surface area contributed by atoms with E-state index in [1.54, 1.807) is 0 Å². The summed E-state index contributed by atoms with van der Waals surface area (Å²) in [4.78, 5) is 4.83. The van der Waals surface area contributed by atoms with Gasteiger partial charge in [-0.05, 0) is 212 Å². The Morgan fingerprint density at radius 1 is 0.176 bits per heavy atom. The lowest BCUT2D eigenvalue weighted by Crippen LogP contribution is -2.10. The quantitative estimate of drug-likeness (QED) is 0.0839. The van der Waals surface area contributed by atoms with E-state index < -0.39 is 0 Å². The molecule has 0 aromatic heterocycles.